The van der Waals surface area contributed by atoms with Crippen molar-refractivity contribution in [1.29, 1.82) is 0 Å². The van der Waals surface area contributed by atoms with E-state index in [2.05, 4.69) is 9.72 Å². The molecule has 16 heteroatoms. The van der Waals surface area contributed by atoms with Crippen LogP contribution < -0.4 is 9.47 Å². The highest BCUT2D eigenvalue weighted by Gasteiger charge is 2.43. The van der Waals surface area contributed by atoms with Crippen molar-refractivity contribution in [1.82, 2.24) is 14.2 Å². The van der Waals surface area contributed by atoms with Gasteiger partial charge in [-0.15, -0.1) is 0 Å². The minimum Gasteiger partial charge on any atom is -0.489 e. The van der Waals surface area contributed by atoms with Gasteiger partial charge in [0.25, 0.3) is 5.91 Å². The molecule has 1 amide bonds. The average molecular weight is 715 g/mol. The molecule has 0 radical (unpaired) electrons. The lowest BCUT2D eigenvalue weighted by atomic mass is 10.0. The standard InChI is InChI=1S/C31H31Cl2F2N3O8S/c1-37(2)28(39)20-4-3-5-21(12-20)47(41,42)38-10-11-43-29(38)30(40)45-26(14-22-23(32)15-36-16-24(22)33)19-8-9-25(46-31(34)35)27(13-19)44-17-18-6-7-18/h3-5,8-9,12-13,15-16,18,26,29,31H,6-7,10-11,14,17H2,1-2H3/t26?,29-/m0/s1. The van der Waals surface area contributed by atoms with Gasteiger partial charge in [-0.05, 0) is 60.2 Å². The third-order valence-corrected chi connectivity index (χ3v) is 9.96. The van der Waals surface area contributed by atoms with E-state index >= 15 is 0 Å². The number of pyridine rings is 1. The first-order valence-corrected chi connectivity index (χ1v) is 16.7. The number of benzene rings is 2. The van der Waals surface area contributed by atoms with Gasteiger partial charge in [0.1, 0.15) is 6.10 Å². The molecule has 2 aromatic carbocycles. The molecular weight excluding hydrogens is 683 g/mol. The van der Waals surface area contributed by atoms with Crippen molar-refractivity contribution < 1.29 is 45.7 Å². The molecule has 2 fully saturated rings. The lowest BCUT2D eigenvalue weighted by Gasteiger charge is -2.26. The molecule has 11 nitrogen and oxygen atoms in total. The number of nitrogens with zero attached hydrogens (tertiary/aromatic N) is 3. The maximum absolute atomic E-state index is 13.7. The summed E-state index contributed by atoms with van der Waals surface area (Å²) >= 11 is 12.8. The number of sulfonamides is 1. The second kappa shape index (κ2) is 14.7. The summed E-state index contributed by atoms with van der Waals surface area (Å²) in [5.41, 5.74) is 0.811. The van der Waals surface area contributed by atoms with E-state index in [0.29, 0.717) is 11.1 Å². The van der Waals surface area contributed by atoms with Gasteiger partial charge < -0.3 is 23.8 Å². The van der Waals surface area contributed by atoms with E-state index in [1.165, 1.54) is 73.9 Å². The quantitative estimate of drug-likeness (QED) is 0.216. The Bertz CT molecular complexity index is 1720. The SMILES string of the molecule is CN(C)C(=O)c1cccc(S(=O)(=O)N2CCO[C@H]2C(=O)OC(Cc2c(Cl)cncc2Cl)c2ccc(OC(F)F)c(OCC3CC3)c2)c1. The van der Waals surface area contributed by atoms with Gasteiger partial charge in [0.2, 0.25) is 16.3 Å². The predicted octanol–water partition coefficient (Wildman–Crippen LogP) is 5.35. The number of amides is 1. The summed E-state index contributed by atoms with van der Waals surface area (Å²) in [6.45, 7) is -3.11. The smallest absolute Gasteiger partial charge is 0.387 e. The van der Waals surface area contributed by atoms with Gasteiger partial charge in [-0.1, -0.05) is 35.3 Å². The van der Waals surface area contributed by atoms with Crippen LogP contribution in [0.5, 0.6) is 11.5 Å². The molecule has 1 saturated heterocycles. The molecule has 47 heavy (non-hydrogen) atoms. The first-order chi connectivity index (χ1) is 22.3. The Hall–Kier alpha value is -3.56. The first-order valence-electron chi connectivity index (χ1n) is 14.5. The first kappa shape index (κ1) is 34.8. The van der Waals surface area contributed by atoms with Gasteiger partial charge in [-0.3, -0.25) is 9.78 Å². The van der Waals surface area contributed by atoms with Crippen LogP contribution in [0.1, 0.15) is 40.4 Å². The highest BCUT2D eigenvalue weighted by Crippen LogP contribution is 2.38. The summed E-state index contributed by atoms with van der Waals surface area (Å²) in [5.74, 6) is -1.36. The molecule has 252 valence electrons. The zero-order valence-corrected chi connectivity index (χ0v) is 27.6. The van der Waals surface area contributed by atoms with Crippen LogP contribution in [0.15, 0.2) is 59.8 Å². The molecule has 3 aromatic rings. The van der Waals surface area contributed by atoms with E-state index < -0.39 is 40.8 Å². The zero-order chi connectivity index (χ0) is 33.9. The van der Waals surface area contributed by atoms with Crippen molar-refractivity contribution in [2.75, 3.05) is 33.9 Å². The van der Waals surface area contributed by atoms with Crippen molar-refractivity contribution in [3.8, 4) is 11.5 Å². The topological polar surface area (TPSA) is 125 Å². The molecule has 5 rings (SSSR count). The van der Waals surface area contributed by atoms with Crippen LogP contribution in [0, 0.1) is 5.92 Å². The van der Waals surface area contributed by atoms with Gasteiger partial charge in [-0.2, -0.15) is 13.1 Å². The van der Waals surface area contributed by atoms with E-state index in [9.17, 15) is 26.8 Å². The fourth-order valence-electron chi connectivity index (χ4n) is 4.84. The maximum Gasteiger partial charge on any atom is 0.387 e. The molecule has 1 unspecified atom stereocenters. The fourth-order valence-corrected chi connectivity index (χ4v) is 6.87. The maximum atomic E-state index is 13.7. The number of ether oxygens (including phenoxy) is 4. The van der Waals surface area contributed by atoms with Crippen molar-refractivity contribution >= 4 is 45.1 Å². The number of aromatic nitrogens is 1. The van der Waals surface area contributed by atoms with E-state index in [0.717, 1.165) is 17.1 Å². The number of carbonyl (C=O) groups excluding carboxylic acids is 2. The van der Waals surface area contributed by atoms with E-state index in [1.54, 1.807) is 0 Å². The lowest BCUT2D eigenvalue weighted by molar-refractivity contribution is -0.164. The third-order valence-electron chi connectivity index (χ3n) is 7.47. The molecule has 2 heterocycles. The number of alkyl halides is 2. The Morgan fingerprint density at radius 2 is 1.81 bits per heavy atom. The van der Waals surface area contributed by atoms with Crippen molar-refractivity contribution in [2.24, 2.45) is 5.92 Å². The minimum atomic E-state index is -4.34. The van der Waals surface area contributed by atoms with Crippen LogP contribution in [0.25, 0.3) is 0 Å². The molecule has 1 saturated carbocycles. The number of carbonyl (C=O) groups is 2. The molecule has 1 aromatic heterocycles. The predicted molar refractivity (Wildman–Crippen MR) is 166 cm³/mol. The largest absolute Gasteiger partial charge is 0.489 e. The molecule has 1 aliphatic carbocycles. The summed E-state index contributed by atoms with van der Waals surface area (Å²) in [6, 6.07) is 9.54. The number of hydrogen-bond donors (Lipinski definition) is 0. The summed E-state index contributed by atoms with van der Waals surface area (Å²) in [6.07, 6.45) is 1.66. The number of rotatable bonds is 13. The second-order valence-electron chi connectivity index (χ2n) is 11.1. The highest BCUT2D eigenvalue weighted by atomic mass is 35.5. The summed E-state index contributed by atoms with van der Waals surface area (Å²) in [5, 5.41) is 0.352. The lowest BCUT2D eigenvalue weighted by Crippen LogP contribution is -2.42. The van der Waals surface area contributed by atoms with Gasteiger partial charge in [0.15, 0.2) is 11.5 Å². The monoisotopic (exact) mass is 713 g/mol. The van der Waals surface area contributed by atoms with Crippen LogP contribution in [0.2, 0.25) is 10.0 Å². The Labute approximate surface area is 280 Å². The van der Waals surface area contributed by atoms with Crippen LogP contribution >= 0.6 is 23.2 Å². The fraction of sp³-hybridized carbons (Fsp3) is 0.387. The van der Waals surface area contributed by atoms with E-state index in [4.69, 9.17) is 37.4 Å². The van der Waals surface area contributed by atoms with Crippen molar-refractivity contribution in [3.63, 3.8) is 0 Å². The highest BCUT2D eigenvalue weighted by molar-refractivity contribution is 7.89. The Morgan fingerprint density at radius 3 is 2.47 bits per heavy atom. The second-order valence-corrected chi connectivity index (χ2v) is 13.8. The summed E-state index contributed by atoms with van der Waals surface area (Å²) < 4.78 is 76.5. The van der Waals surface area contributed by atoms with Crippen LogP contribution in [-0.2, 0) is 30.7 Å². The van der Waals surface area contributed by atoms with E-state index in [-0.39, 0.29) is 64.1 Å². The summed E-state index contributed by atoms with van der Waals surface area (Å²) in [4.78, 5) is 31.2. The summed E-state index contributed by atoms with van der Waals surface area (Å²) in [7, 11) is -1.27. The van der Waals surface area contributed by atoms with Gasteiger partial charge in [0, 0.05) is 45.0 Å². The molecule has 2 atom stereocenters. The molecule has 0 bridgehead atoms. The molecule has 0 spiro atoms. The molecular formula is C31H31Cl2F2N3O8S. The van der Waals surface area contributed by atoms with Crippen LogP contribution in [-0.4, -0.2) is 81.2 Å². The normalized spacial score (nSPS) is 17.4. The van der Waals surface area contributed by atoms with Crippen LogP contribution in [0.3, 0.4) is 0 Å². The number of halogens is 4. The number of esters is 1. The molecule has 0 N–H and O–H groups in total. The minimum absolute atomic E-state index is 0.0103. The zero-order valence-electron chi connectivity index (χ0n) is 25.3. The third kappa shape index (κ3) is 8.30. The van der Waals surface area contributed by atoms with E-state index in [1.807, 2.05) is 0 Å². The number of hydrogen-bond acceptors (Lipinski definition) is 9. The Morgan fingerprint density at radius 1 is 1.09 bits per heavy atom. The molecule has 2 aliphatic rings. The van der Waals surface area contributed by atoms with Crippen molar-refractivity contribution in [2.45, 2.75) is 43.1 Å². The Kier molecular flexibility index (Phi) is 10.9. The Balaban J connectivity index is 1.46. The van der Waals surface area contributed by atoms with Gasteiger partial charge in [0.05, 0.1) is 28.2 Å². The molecule has 1 aliphatic heterocycles. The van der Waals surface area contributed by atoms with Crippen LogP contribution in [0.4, 0.5) is 8.78 Å². The van der Waals surface area contributed by atoms with Gasteiger partial charge in [-0.25, -0.2) is 13.2 Å². The average Bonchev–Trinajstić information content (AvgIpc) is 3.72. The van der Waals surface area contributed by atoms with Gasteiger partial charge >= 0.3 is 12.6 Å². The van der Waals surface area contributed by atoms with Crippen molar-refractivity contribution in [3.05, 3.63) is 81.6 Å².